The number of ketones is 1. The highest BCUT2D eigenvalue weighted by atomic mass is 16.4. The molecule has 1 aromatic carbocycles. The molecule has 82 valence electrons. The molecule has 2 aromatic rings. The number of benzene rings is 1. The Morgan fingerprint density at radius 3 is 2.69 bits per heavy atom. The van der Waals surface area contributed by atoms with Gasteiger partial charge in [0.15, 0.2) is 5.58 Å². The number of aliphatic carboxylic acids is 1. The Balaban J connectivity index is 2.68. The largest absolute Gasteiger partial charge is 0.475 e. The summed E-state index contributed by atoms with van der Waals surface area (Å²) in [5.41, 5.74) is 0.711. The van der Waals surface area contributed by atoms with E-state index in [4.69, 9.17) is 9.52 Å². The van der Waals surface area contributed by atoms with E-state index in [1.54, 1.807) is 0 Å². The second-order valence-corrected chi connectivity index (χ2v) is 3.24. The lowest BCUT2D eigenvalue weighted by atomic mass is 10.1. The molecule has 0 aliphatic rings. The van der Waals surface area contributed by atoms with Crippen molar-refractivity contribution in [2.24, 2.45) is 7.05 Å². The summed E-state index contributed by atoms with van der Waals surface area (Å²) in [6.45, 7) is 0. The molecule has 0 saturated heterocycles. The molecule has 1 aromatic heterocycles. The van der Waals surface area contributed by atoms with Crippen LogP contribution in [0.1, 0.15) is 10.4 Å². The van der Waals surface area contributed by atoms with E-state index in [0.717, 1.165) is 0 Å². The average Bonchev–Trinajstić information content (AvgIpc) is 2.53. The Morgan fingerprint density at radius 1 is 1.38 bits per heavy atom. The number of aryl methyl sites for hydroxylation is 1. The molecular weight excluding hydrogens is 214 g/mol. The molecule has 6 nitrogen and oxygen atoms in total. The van der Waals surface area contributed by atoms with E-state index in [-0.39, 0.29) is 5.56 Å². The maximum Gasteiger partial charge on any atom is 0.419 e. The van der Waals surface area contributed by atoms with E-state index in [9.17, 15) is 14.4 Å². The van der Waals surface area contributed by atoms with Crippen molar-refractivity contribution in [3.05, 3.63) is 34.3 Å². The Kier molecular flexibility index (Phi) is 2.12. The van der Waals surface area contributed by atoms with Gasteiger partial charge in [-0.3, -0.25) is 9.36 Å². The minimum atomic E-state index is -1.53. The first-order valence-electron chi connectivity index (χ1n) is 4.38. The van der Waals surface area contributed by atoms with Crippen LogP contribution in [0.15, 0.2) is 27.4 Å². The Labute approximate surface area is 88.7 Å². The van der Waals surface area contributed by atoms with Gasteiger partial charge in [0.2, 0.25) is 0 Å². The van der Waals surface area contributed by atoms with E-state index in [1.165, 1.54) is 29.8 Å². The molecule has 2 rings (SSSR count). The summed E-state index contributed by atoms with van der Waals surface area (Å²) in [6, 6.07) is 4.02. The number of carbonyl (C=O) groups is 2. The van der Waals surface area contributed by atoms with Crippen LogP contribution < -0.4 is 5.76 Å². The number of hydrogen-bond donors (Lipinski definition) is 1. The van der Waals surface area contributed by atoms with Gasteiger partial charge in [-0.15, -0.1) is 0 Å². The predicted octanol–water partition coefficient (Wildman–Crippen LogP) is 0.399. The van der Waals surface area contributed by atoms with E-state index < -0.39 is 17.5 Å². The van der Waals surface area contributed by atoms with Crippen LogP contribution in [-0.4, -0.2) is 21.4 Å². The lowest BCUT2D eigenvalue weighted by Crippen LogP contribution is -2.13. The maximum absolute atomic E-state index is 11.2. The van der Waals surface area contributed by atoms with Crippen LogP contribution >= 0.6 is 0 Å². The topological polar surface area (TPSA) is 89.5 Å². The van der Waals surface area contributed by atoms with Crippen LogP contribution in [0.3, 0.4) is 0 Å². The van der Waals surface area contributed by atoms with Gasteiger partial charge in [0.25, 0.3) is 5.78 Å². The molecule has 0 amide bonds. The van der Waals surface area contributed by atoms with E-state index in [2.05, 4.69) is 0 Å². The minimum Gasteiger partial charge on any atom is -0.475 e. The van der Waals surface area contributed by atoms with Crippen molar-refractivity contribution in [2.45, 2.75) is 0 Å². The second kappa shape index (κ2) is 3.34. The lowest BCUT2D eigenvalue weighted by Gasteiger charge is -1.96. The first kappa shape index (κ1) is 10.2. The van der Waals surface area contributed by atoms with Crippen LogP contribution in [0.4, 0.5) is 0 Å². The lowest BCUT2D eigenvalue weighted by molar-refractivity contribution is -0.131. The molecule has 0 atom stereocenters. The summed E-state index contributed by atoms with van der Waals surface area (Å²) >= 11 is 0. The quantitative estimate of drug-likeness (QED) is 0.585. The summed E-state index contributed by atoms with van der Waals surface area (Å²) in [5, 5.41) is 8.54. The number of carboxylic acid groups (broad SMARTS) is 1. The number of hydrogen-bond acceptors (Lipinski definition) is 4. The van der Waals surface area contributed by atoms with Gasteiger partial charge in [-0.25, -0.2) is 9.59 Å². The van der Waals surface area contributed by atoms with Gasteiger partial charge in [0.1, 0.15) is 0 Å². The molecule has 0 saturated carbocycles. The third kappa shape index (κ3) is 1.40. The minimum absolute atomic E-state index is 0.0106. The average molecular weight is 221 g/mol. The van der Waals surface area contributed by atoms with Crippen molar-refractivity contribution in [1.29, 1.82) is 0 Å². The van der Waals surface area contributed by atoms with Gasteiger partial charge in [-0.1, -0.05) is 0 Å². The van der Waals surface area contributed by atoms with Crippen LogP contribution in [0.25, 0.3) is 11.1 Å². The summed E-state index contributed by atoms with van der Waals surface area (Å²) in [4.78, 5) is 32.8. The number of aromatic nitrogens is 1. The normalized spacial score (nSPS) is 10.6. The van der Waals surface area contributed by atoms with Crippen molar-refractivity contribution in [2.75, 3.05) is 0 Å². The zero-order valence-electron chi connectivity index (χ0n) is 8.26. The number of carboxylic acids is 1. The molecular formula is C10H7NO5. The fraction of sp³-hybridized carbons (Fsp3) is 0.100. The van der Waals surface area contributed by atoms with Gasteiger partial charge in [-0.05, 0) is 18.2 Å². The third-order valence-electron chi connectivity index (χ3n) is 2.25. The summed E-state index contributed by atoms with van der Waals surface area (Å²) in [6.07, 6.45) is 0. The molecule has 1 heterocycles. The number of oxazole rings is 1. The van der Waals surface area contributed by atoms with Gasteiger partial charge < -0.3 is 9.52 Å². The molecule has 1 N–H and O–H groups in total. The van der Waals surface area contributed by atoms with Gasteiger partial charge >= 0.3 is 11.7 Å². The molecule has 0 fully saturated rings. The maximum atomic E-state index is 11.2. The van der Waals surface area contributed by atoms with Gasteiger partial charge in [0, 0.05) is 12.6 Å². The van der Waals surface area contributed by atoms with E-state index >= 15 is 0 Å². The van der Waals surface area contributed by atoms with Crippen molar-refractivity contribution in [1.82, 2.24) is 4.57 Å². The molecule has 6 heteroatoms. The zero-order valence-corrected chi connectivity index (χ0v) is 8.26. The van der Waals surface area contributed by atoms with Crippen molar-refractivity contribution in [3.63, 3.8) is 0 Å². The van der Waals surface area contributed by atoms with Crippen molar-refractivity contribution < 1.29 is 19.1 Å². The van der Waals surface area contributed by atoms with Crippen LogP contribution in [0.2, 0.25) is 0 Å². The predicted molar refractivity (Wildman–Crippen MR) is 53.4 cm³/mol. The van der Waals surface area contributed by atoms with Crippen LogP contribution in [0.5, 0.6) is 0 Å². The first-order chi connectivity index (χ1) is 7.50. The number of fused-ring (bicyclic) bond motifs is 1. The fourth-order valence-corrected chi connectivity index (χ4v) is 1.39. The molecule has 0 unspecified atom stereocenters. The molecule has 0 aliphatic carbocycles. The number of carbonyl (C=O) groups excluding carboxylic acids is 1. The summed E-state index contributed by atoms with van der Waals surface area (Å²) in [7, 11) is 1.48. The number of Topliss-reactive ketones (excluding diaryl/α,β-unsaturated/α-hetero) is 1. The molecule has 0 spiro atoms. The molecule has 0 bridgehead atoms. The van der Waals surface area contributed by atoms with E-state index in [0.29, 0.717) is 11.1 Å². The number of rotatable bonds is 2. The smallest absolute Gasteiger partial charge is 0.419 e. The van der Waals surface area contributed by atoms with Gasteiger partial charge in [0.05, 0.1) is 5.52 Å². The fourth-order valence-electron chi connectivity index (χ4n) is 1.39. The summed E-state index contributed by atoms with van der Waals surface area (Å²) < 4.78 is 6.04. The molecule has 0 radical (unpaired) electrons. The van der Waals surface area contributed by atoms with Crippen molar-refractivity contribution >= 4 is 22.9 Å². The zero-order chi connectivity index (χ0) is 11.9. The van der Waals surface area contributed by atoms with Crippen LogP contribution in [0, 0.1) is 0 Å². The van der Waals surface area contributed by atoms with E-state index in [1.807, 2.05) is 0 Å². The molecule has 16 heavy (non-hydrogen) atoms. The van der Waals surface area contributed by atoms with Crippen molar-refractivity contribution in [3.8, 4) is 0 Å². The molecule has 0 aliphatic heterocycles. The second-order valence-electron chi connectivity index (χ2n) is 3.24. The Morgan fingerprint density at radius 2 is 2.06 bits per heavy atom. The highest BCUT2D eigenvalue weighted by Gasteiger charge is 2.16. The number of nitrogens with zero attached hydrogens (tertiary/aromatic N) is 1. The first-order valence-corrected chi connectivity index (χ1v) is 4.38. The monoisotopic (exact) mass is 221 g/mol. The highest BCUT2D eigenvalue weighted by molar-refractivity contribution is 6.40. The van der Waals surface area contributed by atoms with Crippen LogP contribution in [-0.2, 0) is 11.8 Å². The Bertz CT molecular complexity index is 649. The SMILES string of the molecule is Cn1c(=O)oc2ccc(C(=O)C(=O)O)cc21. The van der Waals surface area contributed by atoms with Gasteiger partial charge in [-0.2, -0.15) is 0 Å². The Hall–Kier alpha value is -2.37. The third-order valence-corrected chi connectivity index (χ3v) is 2.25. The standard InChI is InChI=1S/C10H7NO5/c1-11-6-4-5(8(12)9(13)14)2-3-7(6)16-10(11)15/h2-4H,1H3,(H,13,14). The highest BCUT2D eigenvalue weighted by Crippen LogP contribution is 2.14. The summed E-state index contributed by atoms with van der Waals surface area (Å²) in [5.74, 6) is -3.11.